The second-order valence-corrected chi connectivity index (χ2v) is 5.53. The van der Waals surface area contributed by atoms with Crippen molar-refractivity contribution >= 4 is 51.4 Å². The average molecular weight is 320 g/mol. The molecule has 0 aromatic carbocycles. The summed E-state index contributed by atoms with van der Waals surface area (Å²) in [5.41, 5.74) is 3.24. The first kappa shape index (κ1) is 15.8. The van der Waals surface area contributed by atoms with Crippen LogP contribution in [0.25, 0.3) is 0 Å². The predicted molar refractivity (Wildman–Crippen MR) is 78.5 cm³/mol. The van der Waals surface area contributed by atoms with Crippen molar-refractivity contribution in [3.05, 3.63) is 11.1 Å². The molecule has 1 heterocycles. The molecule has 0 spiro atoms. The Morgan fingerprint density at radius 3 is 3.16 bits per heavy atom. The highest BCUT2D eigenvalue weighted by Gasteiger charge is 1.99. The van der Waals surface area contributed by atoms with Crippen molar-refractivity contribution < 1.29 is 8.42 Å². The smallest absolute Gasteiger partial charge is 0.315 e. The van der Waals surface area contributed by atoms with E-state index in [-0.39, 0.29) is 0 Å². The maximum Gasteiger partial charge on any atom is 0.317 e. The highest BCUT2D eigenvalue weighted by molar-refractivity contribution is 7.98. The second-order valence-electron chi connectivity index (χ2n) is 2.94. The number of hydrogen-bond acceptors (Lipinski definition) is 8. The van der Waals surface area contributed by atoms with Crippen LogP contribution in [0, 0.1) is 0 Å². The van der Waals surface area contributed by atoms with E-state index < -0.39 is 10.5 Å². The summed E-state index contributed by atoms with van der Waals surface area (Å²) in [7, 11) is -2.42. The van der Waals surface area contributed by atoms with Crippen molar-refractivity contribution in [2.24, 2.45) is 20.2 Å². The van der Waals surface area contributed by atoms with E-state index in [1.54, 1.807) is 11.8 Å². The normalized spacial score (nSPS) is 11.2. The zero-order chi connectivity index (χ0) is 13.9. The molecule has 0 amide bonds. The van der Waals surface area contributed by atoms with Crippen molar-refractivity contribution in [3.8, 4) is 0 Å². The maximum absolute atomic E-state index is 10.1. The first-order chi connectivity index (χ1) is 9.22. The van der Waals surface area contributed by atoms with Gasteiger partial charge in [0.15, 0.2) is 0 Å². The van der Waals surface area contributed by atoms with E-state index >= 15 is 0 Å². The number of aromatic nitrogens is 1. The molecule has 0 atom stereocenters. The molecule has 0 saturated carbocycles. The standard InChI is InChI=1S/C8H12N6O2S3/c9-12-6-11-8-14-7(4-18-8)3-17-2-1-10-5-13-19(15)16/h4-6H,1-3,9H2,(H,11,12,14). The first-order valence-corrected chi connectivity index (χ1v) is 8.08. The van der Waals surface area contributed by atoms with Crippen LogP contribution in [0.4, 0.5) is 5.13 Å². The Balaban J connectivity index is 2.22. The Morgan fingerprint density at radius 1 is 1.58 bits per heavy atom. The van der Waals surface area contributed by atoms with E-state index in [2.05, 4.69) is 24.8 Å². The summed E-state index contributed by atoms with van der Waals surface area (Å²) in [6.07, 6.45) is 2.41. The van der Waals surface area contributed by atoms with Crippen molar-refractivity contribution in [1.29, 1.82) is 0 Å². The number of aliphatic imine (C=N–C) groups is 2. The molecule has 8 nitrogen and oxygen atoms in total. The van der Waals surface area contributed by atoms with Gasteiger partial charge in [-0.1, -0.05) is 0 Å². The van der Waals surface area contributed by atoms with E-state index in [1.165, 1.54) is 17.7 Å². The van der Waals surface area contributed by atoms with Crippen LogP contribution in [0.2, 0.25) is 0 Å². The van der Waals surface area contributed by atoms with E-state index in [0.717, 1.165) is 23.5 Å². The Hall–Kier alpha value is -1.30. The predicted octanol–water partition coefficient (Wildman–Crippen LogP) is 0.590. The molecule has 0 saturated heterocycles. The molecule has 0 fully saturated rings. The third-order valence-electron chi connectivity index (χ3n) is 1.62. The van der Waals surface area contributed by atoms with Gasteiger partial charge in [0.05, 0.1) is 5.69 Å². The molecule has 1 rings (SSSR count). The van der Waals surface area contributed by atoms with Crippen LogP contribution in [0.1, 0.15) is 5.69 Å². The number of thiazole rings is 1. The van der Waals surface area contributed by atoms with Crippen molar-refractivity contribution in [2.45, 2.75) is 5.75 Å². The minimum atomic E-state index is -2.42. The summed E-state index contributed by atoms with van der Waals surface area (Å²) in [4.78, 5) is 12.1. The van der Waals surface area contributed by atoms with Crippen LogP contribution in [-0.2, 0) is 16.3 Å². The lowest BCUT2D eigenvalue weighted by molar-refractivity contribution is 0.623. The lowest BCUT2D eigenvalue weighted by atomic mass is 10.6. The summed E-state index contributed by atoms with van der Waals surface area (Å²) < 4.78 is 23.2. The van der Waals surface area contributed by atoms with Crippen LogP contribution in [0.3, 0.4) is 0 Å². The third-order valence-corrected chi connectivity index (χ3v) is 3.65. The molecule has 0 radical (unpaired) electrons. The molecule has 0 aliphatic rings. The Morgan fingerprint density at radius 2 is 2.42 bits per heavy atom. The number of nitrogens with one attached hydrogen (secondary N) is 1. The topological polar surface area (TPSA) is 122 Å². The summed E-state index contributed by atoms with van der Waals surface area (Å²) in [6.45, 7) is 0.512. The van der Waals surface area contributed by atoms with Gasteiger partial charge in [-0.15, -0.1) is 15.7 Å². The van der Waals surface area contributed by atoms with E-state index in [1.807, 2.05) is 5.38 Å². The maximum atomic E-state index is 10.1. The lowest BCUT2D eigenvalue weighted by Crippen LogP contribution is -2.18. The fourth-order valence-corrected chi connectivity index (χ4v) is 2.58. The van der Waals surface area contributed by atoms with E-state index in [0.29, 0.717) is 11.7 Å². The van der Waals surface area contributed by atoms with Gasteiger partial charge in [-0.2, -0.15) is 20.2 Å². The monoisotopic (exact) mass is 320 g/mol. The average Bonchev–Trinajstić information content (AvgIpc) is 2.83. The summed E-state index contributed by atoms with van der Waals surface area (Å²) in [5.74, 6) is 6.57. The molecule has 11 heteroatoms. The molecule has 104 valence electrons. The molecule has 0 aliphatic carbocycles. The number of rotatable bonds is 8. The summed E-state index contributed by atoms with van der Waals surface area (Å²) in [5, 5.41) is 2.57. The number of hydrogen-bond donors (Lipinski definition) is 2. The molecular formula is C8H12N6O2S3. The largest absolute Gasteiger partial charge is 0.317 e. The molecule has 3 N–H and O–H groups in total. The van der Waals surface area contributed by atoms with E-state index in [4.69, 9.17) is 5.84 Å². The van der Waals surface area contributed by atoms with Crippen LogP contribution in [0.15, 0.2) is 19.7 Å². The van der Waals surface area contributed by atoms with Gasteiger partial charge in [0.2, 0.25) is 5.13 Å². The van der Waals surface area contributed by atoms with Gasteiger partial charge in [0.25, 0.3) is 0 Å². The lowest BCUT2D eigenvalue weighted by Gasteiger charge is -1.94. The van der Waals surface area contributed by atoms with Gasteiger partial charge < -0.3 is 5.43 Å². The minimum Gasteiger partial charge on any atom is -0.315 e. The SMILES string of the molecule is NNC=Nc1nc(CSCCN=CN=S(=O)=O)cs1. The number of thioether (sulfide) groups is 1. The minimum absolute atomic E-state index is 0.512. The second kappa shape index (κ2) is 9.61. The van der Waals surface area contributed by atoms with Gasteiger partial charge in [0.1, 0.15) is 12.7 Å². The number of hydrazine groups is 1. The Labute approximate surface area is 119 Å². The molecule has 0 bridgehead atoms. The molecule has 0 unspecified atom stereocenters. The van der Waals surface area contributed by atoms with Crippen molar-refractivity contribution in [2.75, 3.05) is 12.3 Å². The van der Waals surface area contributed by atoms with Crippen molar-refractivity contribution in [3.63, 3.8) is 0 Å². The quantitative estimate of drug-likeness (QED) is 0.238. The highest BCUT2D eigenvalue weighted by Crippen LogP contribution is 2.21. The van der Waals surface area contributed by atoms with Crippen LogP contribution in [-0.4, -0.2) is 38.4 Å². The summed E-state index contributed by atoms with van der Waals surface area (Å²) in [6, 6.07) is 0. The third kappa shape index (κ3) is 7.66. The Bertz CT molecular complexity index is 557. The fourth-order valence-electron chi connectivity index (χ4n) is 0.938. The fraction of sp³-hybridized carbons (Fsp3) is 0.375. The van der Waals surface area contributed by atoms with E-state index in [9.17, 15) is 8.42 Å². The van der Waals surface area contributed by atoms with Gasteiger partial charge in [-0.3, -0.25) is 4.99 Å². The van der Waals surface area contributed by atoms with Crippen molar-refractivity contribution in [1.82, 2.24) is 10.4 Å². The Kier molecular flexibility index (Phi) is 7.97. The van der Waals surface area contributed by atoms with Gasteiger partial charge in [-0.05, 0) is 0 Å². The number of nitrogens with two attached hydrogens (primary N) is 1. The first-order valence-electron chi connectivity index (χ1n) is 5.01. The van der Waals surface area contributed by atoms with Crippen LogP contribution >= 0.6 is 23.1 Å². The number of nitrogens with zero attached hydrogens (tertiary/aromatic N) is 4. The summed E-state index contributed by atoms with van der Waals surface area (Å²) >= 11 is 3.08. The van der Waals surface area contributed by atoms with Crippen LogP contribution in [0.5, 0.6) is 0 Å². The van der Waals surface area contributed by atoms with Gasteiger partial charge >= 0.3 is 10.5 Å². The molecule has 1 aromatic rings. The van der Waals surface area contributed by atoms with Crippen LogP contribution < -0.4 is 11.3 Å². The highest BCUT2D eigenvalue weighted by atomic mass is 32.2. The zero-order valence-electron chi connectivity index (χ0n) is 9.76. The molecule has 19 heavy (non-hydrogen) atoms. The van der Waals surface area contributed by atoms with Gasteiger partial charge in [-0.25, -0.2) is 15.8 Å². The zero-order valence-corrected chi connectivity index (χ0v) is 12.2. The molecule has 0 aliphatic heterocycles. The van der Waals surface area contributed by atoms with Gasteiger partial charge in [0, 0.05) is 23.4 Å². The molecular weight excluding hydrogens is 308 g/mol. The molecule has 1 aromatic heterocycles.